The summed E-state index contributed by atoms with van der Waals surface area (Å²) in [5.41, 5.74) is 11.0. The molecule has 0 heterocycles. The summed E-state index contributed by atoms with van der Waals surface area (Å²) in [6.45, 7) is 0.0527. The molecule has 0 atom stereocenters. The number of aromatic carboxylic acids is 1. The summed E-state index contributed by atoms with van der Waals surface area (Å²) in [7, 11) is 0. The molecule has 1 aromatic carbocycles. The highest BCUT2D eigenvalue weighted by atomic mass is 16.4. The van der Waals surface area contributed by atoms with E-state index >= 15 is 0 Å². The molecule has 0 spiro atoms. The summed E-state index contributed by atoms with van der Waals surface area (Å²) >= 11 is 0. The Hall–Kier alpha value is -1.75. The molecule has 0 amide bonds. The van der Waals surface area contributed by atoms with Gasteiger partial charge in [-0.25, -0.2) is 4.79 Å². The highest BCUT2D eigenvalue weighted by molar-refractivity contribution is 5.89. The van der Waals surface area contributed by atoms with Crippen molar-refractivity contribution in [2.75, 3.05) is 5.73 Å². The lowest BCUT2D eigenvalue weighted by atomic mass is 10.1. The minimum Gasteiger partial charge on any atom is -0.505 e. The van der Waals surface area contributed by atoms with E-state index in [-0.39, 0.29) is 23.5 Å². The van der Waals surface area contributed by atoms with Gasteiger partial charge in [0.1, 0.15) is 5.75 Å². The van der Waals surface area contributed by atoms with Crippen LogP contribution in [0.25, 0.3) is 0 Å². The fourth-order valence-corrected chi connectivity index (χ4v) is 0.998. The van der Waals surface area contributed by atoms with E-state index in [0.717, 1.165) is 0 Å². The molecule has 0 radical (unpaired) electrons. The third-order valence-electron chi connectivity index (χ3n) is 1.69. The van der Waals surface area contributed by atoms with Crippen molar-refractivity contribution in [3.8, 4) is 5.75 Å². The average Bonchev–Trinajstić information content (AvgIpc) is 2.09. The maximum atomic E-state index is 10.6. The largest absolute Gasteiger partial charge is 0.505 e. The molecule has 1 aromatic rings. The summed E-state index contributed by atoms with van der Waals surface area (Å²) in [6.07, 6.45) is 0. The molecule has 0 unspecified atom stereocenters. The van der Waals surface area contributed by atoms with Crippen LogP contribution in [0.4, 0.5) is 5.69 Å². The molecule has 0 aliphatic carbocycles. The van der Waals surface area contributed by atoms with Crippen LogP contribution in [0.15, 0.2) is 12.1 Å². The van der Waals surface area contributed by atoms with Gasteiger partial charge in [-0.05, 0) is 12.1 Å². The number of aromatic hydroxyl groups is 1. The number of anilines is 1. The van der Waals surface area contributed by atoms with Crippen molar-refractivity contribution in [2.24, 2.45) is 5.73 Å². The second-order valence-electron chi connectivity index (χ2n) is 2.58. The Morgan fingerprint density at radius 1 is 1.46 bits per heavy atom. The van der Waals surface area contributed by atoms with Gasteiger partial charge < -0.3 is 21.7 Å². The molecule has 70 valence electrons. The van der Waals surface area contributed by atoms with Gasteiger partial charge in [-0.3, -0.25) is 0 Å². The van der Waals surface area contributed by atoms with Gasteiger partial charge in [0.15, 0.2) is 0 Å². The summed E-state index contributed by atoms with van der Waals surface area (Å²) in [6, 6.07) is 2.49. The zero-order valence-corrected chi connectivity index (χ0v) is 6.82. The van der Waals surface area contributed by atoms with Crippen molar-refractivity contribution in [1.82, 2.24) is 0 Å². The van der Waals surface area contributed by atoms with Gasteiger partial charge in [0.25, 0.3) is 0 Å². The van der Waals surface area contributed by atoms with E-state index < -0.39 is 5.97 Å². The van der Waals surface area contributed by atoms with Gasteiger partial charge in [-0.2, -0.15) is 0 Å². The number of carboxylic acids is 1. The Morgan fingerprint density at radius 3 is 2.54 bits per heavy atom. The van der Waals surface area contributed by atoms with Gasteiger partial charge in [0.2, 0.25) is 0 Å². The van der Waals surface area contributed by atoms with E-state index in [2.05, 4.69) is 0 Å². The van der Waals surface area contributed by atoms with E-state index in [1.54, 1.807) is 0 Å². The predicted octanol–water partition coefficient (Wildman–Crippen LogP) is 0.131. The van der Waals surface area contributed by atoms with Crippen molar-refractivity contribution >= 4 is 11.7 Å². The fraction of sp³-hybridized carbons (Fsp3) is 0.125. The number of phenolic OH excluding ortho intramolecular Hbond substituents is 1. The molecule has 0 saturated heterocycles. The fourth-order valence-electron chi connectivity index (χ4n) is 0.998. The number of nitrogens with two attached hydrogens (primary N) is 2. The van der Waals surface area contributed by atoms with E-state index in [0.29, 0.717) is 5.56 Å². The molecule has 0 bridgehead atoms. The number of rotatable bonds is 2. The zero-order chi connectivity index (χ0) is 10.0. The molecular weight excluding hydrogens is 172 g/mol. The predicted molar refractivity (Wildman–Crippen MR) is 47.4 cm³/mol. The first kappa shape index (κ1) is 9.34. The van der Waals surface area contributed by atoms with Crippen molar-refractivity contribution < 1.29 is 15.0 Å². The molecular formula is C8H10N2O3. The number of benzene rings is 1. The van der Waals surface area contributed by atoms with Crippen LogP contribution in [0.1, 0.15) is 15.9 Å². The van der Waals surface area contributed by atoms with Gasteiger partial charge in [0.05, 0.1) is 11.3 Å². The lowest BCUT2D eigenvalue weighted by molar-refractivity contribution is 0.0697. The second-order valence-corrected chi connectivity index (χ2v) is 2.58. The highest BCUT2D eigenvalue weighted by Crippen LogP contribution is 2.26. The highest BCUT2D eigenvalue weighted by Gasteiger charge is 2.10. The number of hydrogen-bond donors (Lipinski definition) is 4. The Bertz CT molecular complexity index is 349. The van der Waals surface area contributed by atoms with Crippen LogP contribution >= 0.6 is 0 Å². The van der Waals surface area contributed by atoms with Gasteiger partial charge >= 0.3 is 5.97 Å². The van der Waals surface area contributed by atoms with E-state index in [4.69, 9.17) is 16.6 Å². The number of carboxylic acid groups (broad SMARTS) is 1. The molecule has 0 saturated carbocycles. The lowest BCUT2D eigenvalue weighted by Crippen LogP contribution is -2.04. The van der Waals surface area contributed by atoms with Gasteiger partial charge in [-0.1, -0.05) is 0 Å². The Labute approximate surface area is 74.6 Å². The normalized spacial score (nSPS) is 9.92. The monoisotopic (exact) mass is 182 g/mol. The number of nitrogen functional groups attached to an aromatic ring is 1. The molecule has 0 fully saturated rings. The van der Waals surface area contributed by atoms with Crippen LogP contribution in [-0.4, -0.2) is 16.2 Å². The molecule has 6 N–H and O–H groups in total. The third-order valence-corrected chi connectivity index (χ3v) is 1.69. The molecule has 5 heteroatoms. The second kappa shape index (κ2) is 3.32. The number of phenols is 1. The third kappa shape index (κ3) is 1.70. The summed E-state index contributed by atoms with van der Waals surface area (Å²) in [4.78, 5) is 10.6. The van der Waals surface area contributed by atoms with Crippen molar-refractivity contribution in [2.45, 2.75) is 6.54 Å². The van der Waals surface area contributed by atoms with Crippen molar-refractivity contribution in [1.29, 1.82) is 0 Å². The number of hydrogen-bond acceptors (Lipinski definition) is 4. The smallest absolute Gasteiger partial charge is 0.335 e. The topological polar surface area (TPSA) is 110 Å². The minimum atomic E-state index is -1.10. The molecule has 5 nitrogen and oxygen atoms in total. The molecule has 13 heavy (non-hydrogen) atoms. The van der Waals surface area contributed by atoms with Crippen LogP contribution in [0.3, 0.4) is 0 Å². The van der Waals surface area contributed by atoms with E-state index in [1.807, 2.05) is 0 Å². The molecule has 0 aliphatic heterocycles. The maximum Gasteiger partial charge on any atom is 0.335 e. The summed E-state index contributed by atoms with van der Waals surface area (Å²) < 4.78 is 0. The van der Waals surface area contributed by atoms with E-state index in [9.17, 15) is 9.90 Å². The standard InChI is InChI=1S/C8H10N2O3/c9-3-5-1-4(8(12)13)2-6(10)7(5)11/h1-2,11H,3,9-10H2,(H,12,13). The summed E-state index contributed by atoms with van der Waals surface area (Å²) in [5.74, 6) is -1.24. The van der Waals surface area contributed by atoms with Gasteiger partial charge in [-0.15, -0.1) is 0 Å². The van der Waals surface area contributed by atoms with E-state index in [1.165, 1.54) is 12.1 Å². The molecule has 1 rings (SSSR count). The summed E-state index contributed by atoms with van der Waals surface area (Å²) in [5, 5.41) is 17.9. The van der Waals surface area contributed by atoms with Gasteiger partial charge in [0, 0.05) is 12.1 Å². The Kier molecular flexibility index (Phi) is 2.39. The van der Waals surface area contributed by atoms with Crippen molar-refractivity contribution in [3.63, 3.8) is 0 Å². The number of carbonyl (C=O) groups is 1. The first-order chi connectivity index (χ1) is 6.06. The van der Waals surface area contributed by atoms with Crippen LogP contribution in [0, 0.1) is 0 Å². The zero-order valence-electron chi connectivity index (χ0n) is 6.82. The van der Waals surface area contributed by atoms with Crippen molar-refractivity contribution in [3.05, 3.63) is 23.3 Å². The average molecular weight is 182 g/mol. The van der Waals surface area contributed by atoms with Crippen LogP contribution in [-0.2, 0) is 6.54 Å². The first-order valence-corrected chi connectivity index (χ1v) is 3.61. The maximum absolute atomic E-state index is 10.6. The first-order valence-electron chi connectivity index (χ1n) is 3.61. The van der Waals surface area contributed by atoms with Crippen LogP contribution in [0.2, 0.25) is 0 Å². The Balaban J connectivity index is 3.30. The SMILES string of the molecule is NCc1cc(C(=O)O)cc(N)c1O. The molecule has 0 aliphatic rings. The molecule has 0 aromatic heterocycles. The minimum absolute atomic E-state index is 0.0238. The Morgan fingerprint density at radius 2 is 2.08 bits per heavy atom. The lowest BCUT2D eigenvalue weighted by Gasteiger charge is -2.06. The quantitative estimate of drug-likeness (QED) is 0.384. The van der Waals surface area contributed by atoms with Crippen LogP contribution < -0.4 is 11.5 Å². The van der Waals surface area contributed by atoms with Crippen LogP contribution in [0.5, 0.6) is 5.75 Å².